The van der Waals surface area contributed by atoms with Gasteiger partial charge < -0.3 is 25.2 Å². The van der Waals surface area contributed by atoms with Crippen LogP contribution in [0.1, 0.15) is 27.6 Å². The number of hydrogen-bond acceptors (Lipinski definition) is 6. The molecular formula is C22H15ClO6. The van der Waals surface area contributed by atoms with Gasteiger partial charge in [-0.25, -0.2) is 0 Å². The van der Waals surface area contributed by atoms with Gasteiger partial charge in [0.1, 0.15) is 5.75 Å². The monoisotopic (exact) mass is 410 g/mol. The van der Waals surface area contributed by atoms with E-state index in [1.54, 1.807) is 12.1 Å². The highest BCUT2D eigenvalue weighted by Gasteiger charge is 2.33. The maximum Gasteiger partial charge on any atom is 0.196 e. The first-order valence-corrected chi connectivity index (χ1v) is 8.97. The maximum atomic E-state index is 13.2. The quantitative estimate of drug-likeness (QED) is 0.364. The number of benzene rings is 3. The Morgan fingerprint density at radius 1 is 0.828 bits per heavy atom. The Balaban J connectivity index is 1.89. The molecule has 0 aromatic heterocycles. The Kier molecular flexibility index (Phi) is 4.56. The summed E-state index contributed by atoms with van der Waals surface area (Å²) in [6.07, 6.45) is 0.651. The summed E-state index contributed by atoms with van der Waals surface area (Å²) in [5, 5.41) is 39.1. The number of carbonyl (C=O) groups excluding carboxylic acids is 1. The number of ether oxygens (including phenoxy) is 1. The van der Waals surface area contributed by atoms with E-state index in [1.165, 1.54) is 48.5 Å². The molecule has 4 rings (SSSR count). The molecule has 3 aromatic rings. The van der Waals surface area contributed by atoms with Crippen LogP contribution < -0.4 is 4.74 Å². The van der Waals surface area contributed by atoms with Gasteiger partial charge in [-0.05, 0) is 54.1 Å². The van der Waals surface area contributed by atoms with E-state index in [4.69, 9.17) is 16.3 Å². The number of aromatic hydroxyl groups is 4. The zero-order valence-corrected chi connectivity index (χ0v) is 15.6. The lowest BCUT2D eigenvalue weighted by atomic mass is 9.89. The van der Waals surface area contributed by atoms with Crippen LogP contribution >= 0.6 is 11.6 Å². The summed E-state index contributed by atoms with van der Waals surface area (Å²) >= 11 is 6.03. The van der Waals surface area contributed by atoms with Crippen LogP contribution in [0, 0.1) is 0 Å². The molecule has 4 N–H and O–H groups in total. The minimum Gasteiger partial charge on any atom is -0.504 e. The fourth-order valence-corrected chi connectivity index (χ4v) is 3.32. The topological polar surface area (TPSA) is 107 Å². The van der Waals surface area contributed by atoms with Crippen molar-refractivity contribution in [3.63, 3.8) is 0 Å². The molecule has 3 aromatic carbocycles. The maximum absolute atomic E-state index is 13.2. The van der Waals surface area contributed by atoms with Gasteiger partial charge in [0.2, 0.25) is 0 Å². The molecule has 0 radical (unpaired) electrons. The van der Waals surface area contributed by atoms with Crippen LogP contribution in [-0.2, 0) is 0 Å². The molecule has 1 heterocycles. The first kappa shape index (κ1) is 18.7. The van der Waals surface area contributed by atoms with Gasteiger partial charge in [-0.2, -0.15) is 0 Å². The summed E-state index contributed by atoms with van der Waals surface area (Å²) in [4.78, 5) is 13.2. The molecule has 0 bridgehead atoms. The Morgan fingerprint density at radius 2 is 1.52 bits per heavy atom. The van der Waals surface area contributed by atoms with E-state index in [1.807, 2.05) is 0 Å². The number of fused-ring (bicyclic) bond motifs is 1. The summed E-state index contributed by atoms with van der Waals surface area (Å²) in [7, 11) is 0. The molecule has 0 spiro atoms. The van der Waals surface area contributed by atoms with Crippen LogP contribution in [-0.4, -0.2) is 26.2 Å². The van der Waals surface area contributed by atoms with Gasteiger partial charge in [0, 0.05) is 16.2 Å². The molecule has 29 heavy (non-hydrogen) atoms. The van der Waals surface area contributed by atoms with Crippen LogP contribution in [0.5, 0.6) is 28.7 Å². The third-order valence-corrected chi connectivity index (χ3v) is 4.83. The van der Waals surface area contributed by atoms with E-state index in [0.29, 0.717) is 21.9 Å². The number of ketones is 1. The van der Waals surface area contributed by atoms with Crippen molar-refractivity contribution >= 4 is 23.5 Å². The van der Waals surface area contributed by atoms with Crippen molar-refractivity contribution in [3.05, 3.63) is 81.9 Å². The summed E-state index contributed by atoms with van der Waals surface area (Å²) in [6.45, 7) is 0. The highest BCUT2D eigenvalue weighted by atomic mass is 35.5. The van der Waals surface area contributed by atoms with Gasteiger partial charge in [-0.1, -0.05) is 23.7 Å². The molecule has 0 amide bonds. The molecule has 1 aliphatic rings. The highest BCUT2D eigenvalue weighted by Crippen LogP contribution is 2.42. The standard InChI is InChI=1S/C22H15ClO6/c23-13-3-6-20-14(10-13)21(28)15(7-11-1-4-16(24)18(26)8-11)22(29-20)12-2-5-17(25)19(27)9-12/h1-10,22,24-27H/b15-7+. The molecule has 1 atom stereocenters. The van der Waals surface area contributed by atoms with E-state index in [0.717, 1.165) is 0 Å². The number of halogens is 1. The van der Waals surface area contributed by atoms with Crippen LogP contribution in [0.2, 0.25) is 5.02 Å². The summed E-state index contributed by atoms with van der Waals surface area (Å²) in [5.41, 5.74) is 1.43. The molecule has 146 valence electrons. The van der Waals surface area contributed by atoms with Crippen molar-refractivity contribution < 1.29 is 30.0 Å². The third kappa shape index (κ3) is 3.46. The molecule has 0 aliphatic carbocycles. The minimum absolute atomic E-state index is 0.231. The Morgan fingerprint density at radius 3 is 2.21 bits per heavy atom. The number of carbonyl (C=O) groups is 1. The van der Waals surface area contributed by atoms with Crippen molar-refractivity contribution in [1.82, 2.24) is 0 Å². The first-order valence-electron chi connectivity index (χ1n) is 8.60. The third-order valence-electron chi connectivity index (χ3n) is 4.60. The molecule has 0 fully saturated rings. The zero-order valence-electron chi connectivity index (χ0n) is 14.8. The summed E-state index contributed by atoms with van der Waals surface area (Å²) in [5.74, 6) is -1.25. The average Bonchev–Trinajstić information content (AvgIpc) is 2.69. The van der Waals surface area contributed by atoms with Crippen molar-refractivity contribution in [2.75, 3.05) is 0 Å². The molecule has 0 saturated carbocycles. The zero-order chi connectivity index (χ0) is 20.7. The Hall–Kier alpha value is -3.64. The second-order valence-corrected chi connectivity index (χ2v) is 7.00. The molecule has 7 heteroatoms. The Bertz CT molecular complexity index is 1170. The Labute approximate surface area is 170 Å². The van der Waals surface area contributed by atoms with E-state index in [-0.39, 0.29) is 39.9 Å². The predicted molar refractivity (Wildman–Crippen MR) is 107 cm³/mol. The summed E-state index contributed by atoms with van der Waals surface area (Å²) < 4.78 is 6.02. The van der Waals surface area contributed by atoms with E-state index < -0.39 is 6.10 Å². The number of Topliss-reactive ketones (excluding diaryl/α,β-unsaturated/α-hetero) is 1. The number of hydrogen-bond donors (Lipinski definition) is 4. The lowest BCUT2D eigenvalue weighted by Gasteiger charge is -2.28. The van der Waals surface area contributed by atoms with Gasteiger partial charge in [0.15, 0.2) is 34.9 Å². The van der Waals surface area contributed by atoms with Crippen molar-refractivity contribution in [1.29, 1.82) is 0 Å². The lowest BCUT2D eigenvalue weighted by Crippen LogP contribution is -2.23. The normalized spacial score (nSPS) is 17.1. The second-order valence-electron chi connectivity index (χ2n) is 6.56. The minimum atomic E-state index is -0.876. The lowest BCUT2D eigenvalue weighted by molar-refractivity contribution is 0.0963. The van der Waals surface area contributed by atoms with Gasteiger partial charge >= 0.3 is 0 Å². The number of phenols is 4. The largest absolute Gasteiger partial charge is 0.504 e. The average molecular weight is 411 g/mol. The van der Waals surface area contributed by atoms with E-state index in [9.17, 15) is 25.2 Å². The van der Waals surface area contributed by atoms with E-state index >= 15 is 0 Å². The highest BCUT2D eigenvalue weighted by molar-refractivity contribution is 6.31. The SMILES string of the molecule is O=C1/C(=C\c2ccc(O)c(O)c2)C(c2ccc(O)c(O)c2)Oc2ccc(Cl)cc21. The predicted octanol–water partition coefficient (Wildman–Crippen LogP) is 4.56. The van der Waals surface area contributed by atoms with Gasteiger partial charge in [-0.15, -0.1) is 0 Å². The first-order chi connectivity index (χ1) is 13.8. The van der Waals surface area contributed by atoms with E-state index in [2.05, 4.69) is 0 Å². The van der Waals surface area contributed by atoms with Crippen LogP contribution in [0.25, 0.3) is 6.08 Å². The van der Waals surface area contributed by atoms with Crippen LogP contribution in [0.15, 0.2) is 60.2 Å². The summed E-state index contributed by atoms with van der Waals surface area (Å²) in [6, 6.07) is 13.0. The van der Waals surface area contributed by atoms with Crippen molar-refractivity contribution in [2.45, 2.75) is 6.10 Å². The molecule has 1 unspecified atom stereocenters. The molecule has 0 saturated heterocycles. The number of rotatable bonds is 2. The fourth-order valence-electron chi connectivity index (χ4n) is 3.15. The van der Waals surface area contributed by atoms with Gasteiger partial charge in [0.25, 0.3) is 0 Å². The fraction of sp³-hybridized carbons (Fsp3) is 0.0455. The number of phenolic OH excluding ortho intramolecular Hbond substituents is 4. The molecule has 6 nitrogen and oxygen atoms in total. The van der Waals surface area contributed by atoms with Crippen molar-refractivity contribution in [3.8, 4) is 28.7 Å². The second kappa shape index (κ2) is 7.07. The smallest absolute Gasteiger partial charge is 0.196 e. The molecular weight excluding hydrogens is 396 g/mol. The van der Waals surface area contributed by atoms with Crippen LogP contribution in [0.4, 0.5) is 0 Å². The van der Waals surface area contributed by atoms with Crippen molar-refractivity contribution in [2.24, 2.45) is 0 Å². The molecule has 1 aliphatic heterocycles. The van der Waals surface area contributed by atoms with Gasteiger partial charge in [-0.3, -0.25) is 4.79 Å². The van der Waals surface area contributed by atoms with Crippen LogP contribution in [0.3, 0.4) is 0 Å². The van der Waals surface area contributed by atoms with Gasteiger partial charge in [0.05, 0.1) is 5.56 Å².